The number of hydrogen-bond acceptors (Lipinski definition) is 2. The second-order valence-electron chi connectivity index (χ2n) is 7.37. The number of rotatable bonds is 5. The van der Waals surface area contributed by atoms with Crippen molar-refractivity contribution in [3.05, 3.63) is 119 Å². The van der Waals surface area contributed by atoms with Gasteiger partial charge in [-0.05, 0) is 54.8 Å². The average molecular weight is 383 g/mol. The lowest BCUT2D eigenvalue weighted by Gasteiger charge is -2.37. The molecule has 0 fully saturated rings. The predicted molar refractivity (Wildman–Crippen MR) is 117 cm³/mol. The zero-order valence-electron chi connectivity index (χ0n) is 16.9. The number of nitrogens with one attached hydrogen (secondary N) is 1. The van der Waals surface area contributed by atoms with Gasteiger partial charge in [0.1, 0.15) is 11.5 Å². The van der Waals surface area contributed by atoms with Crippen LogP contribution in [0.25, 0.3) is 0 Å². The van der Waals surface area contributed by atoms with Gasteiger partial charge in [-0.3, -0.25) is 0 Å². The molecule has 0 unspecified atom stereocenters. The van der Waals surface area contributed by atoms with E-state index < -0.39 is 5.41 Å². The molecular formula is C26H25NO2. The Morgan fingerprint density at radius 3 is 2.03 bits per heavy atom. The number of hydrogen-bond donors (Lipinski definition) is 2. The highest BCUT2D eigenvalue weighted by molar-refractivity contribution is 5.63. The first-order valence-electron chi connectivity index (χ1n) is 9.72. The van der Waals surface area contributed by atoms with Gasteiger partial charge in [0.2, 0.25) is 0 Å². The third-order valence-corrected chi connectivity index (χ3v) is 5.54. The molecule has 29 heavy (non-hydrogen) atoms. The molecule has 0 saturated heterocycles. The average Bonchev–Trinajstić information content (AvgIpc) is 3.09. The third-order valence-electron chi connectivity index (χ3n) is 5.54. The number of aryl methyl sites for hydroxylation is 2. The first-order chi connectivity index (χ1) is 14.1. The standard InChI is InChI=1S/C26H25NO2/c1-18-17-19(2)27-25(18)26(20-9-5-4-6-10-20,21-13-15-22(28)16-14-21)23-11-7-8-12-24(23)29-3/h4-17,27-28H,1-3H3/t26-/m1/s1. The smallest absolute Gasteiger partial charge is 0.123 e. The molecule has 0 spiro atoms. The zero-order valence-corrected chi connectivity index (χ0v) is 16.9. The van der Waals surface area contributed by atoms with Crippen LogP contribution < -0.4 is 4.74 Å². The van der Waals surface area contributed by atoms with Gasteiger partial charge in [-0.15, -0.1) is 0 Å². The molecule has 0 amide bonds. The van der Waals surface area contributed by atoms with Crippen LogP contribution >= 0.6 is 0 Å². The molecule has 4 rings (SSSR count). The van der Waals surface area contributed by atoms with E-state index in [0.717, 1.165) is 33.8 Å². The SMILES string of the molecule is COc1ccccc1[C@@](c1ccccc1)(c1ccc(O)cc1)c1[nH]c(C)cc1C. The van der Waals surface area contributed by atoms with Crippen LogP contribution in [0.2, 0.25) is 0 Å². The summed E-state index contributed by atoms with van der Waals surface area (Å²) in [6.45, 7) is 4.21. The molecule has 3 aromatic carbocycles. The van der Waals surface area contributed by atoms with E-state index in [1.165, 1.54) is 5.56 Å². The molecule has 4 aromatic rings. The van der Waals surface area contributed by atoms with Crippen molar-refractivity contribution in [3.63, 3.8) is 0 Å². The van der Waals surface area contributed by atoms with E-state index in [-0.39, 0.29) is 5.75 Å². The van der Waals surface area contributed by atoms with Crippen molar-refractivity contribution in [2.75, 3.05) is 7.11 Å². The number of para-hydroxylation sites is 1. The molecule has 0 aliphatic heterocycles. The topological polar surface area (TPSA) is 45.2 Å². The number of phenols is 1. The molecule has 1 aromatic heterocycles. The highest BCUT2D eigenvalue weighted by Crippen LogP contribution is 2.49. The number of H-pyrrole nitrogens is 1. The van der Waals surface area contributed by atoms with E-state index in [4.69, 9.17) is 4.74 Å². The number of methoxy groups -OCH3 is 1. The second-order valence-corrected chi connectivity index (χ2v) is 7.37. The molecule has 1 heterocycles. The van der Waals surface area contributed by atoms with Crippen molar-refractivity contribution < 1.29 is 9.84 Å². The lowest BCUT2D eigenvalue weighted by molar-refractivity contribution is 0.404. The molecular weight excluding hydrogens is 358 g/mol. The van der Waals surface area contributed by atoms with Gasteiger partial charge < -0.3 is 14.8 Å². The van der Waals surface area contributed by atoms with Crippen LogP contribution in [0.4, 0.5) is 0 Å². The number of aromatic amines is 1. The Labute approximate surface area is 171 Å². The molecule has 0 aliphatic carbocycles. The Morgan fingerprint density at radius 1 is 0.793 bits per heavy atom. The van der Waals surface area contributed by atoms with Crippen LogP contribution in [-0.4, -0.2) is 17.2 Å². The summed E-state index contributed by atoms with van der Waals surface area (Å²) in [5.41, 5.74) is 5.97. The number of phenolic OH excluding ortho intramolecular Hbond substituents is 1. The quantitative estimate of drug-likeness (QED) is 0.432. The number of aromatic hydroxyl groups is 1. The predicted octanol–water partition coefficient (Wildman–Crippen LogP) is 5.73. The fourth-order valence-corrected chi connectivity index (χ4v) is 4.37. The maximum Gasteiger partial charge on any atom is 0.123 e. The van der Waals surface area contributed by atoms with Crippen LogP contribution in [-0.2, 0) is 5.41 Å². The summed E-state index contributed by atoms with van der Waals surface area (Å²) in [5.74, 6) is 1.06. The van der Waals surface area contributed by atoms with E-state index in [1.54, 1.807) is 19.2 Å². The molecule has 0 saturated carbocycles. The molecule has 3 nitrogen and oxygen atoms in total. The van der Waals surface area contributed by atoms with Crippen molar-refractivity contribution in [2.24, 2.45) is 0 Å². The molecule has 3 heteroatoms. The van der Waals surface area contributed by atoms with Gasteiger partial charge in [-0.25, -0.2) is 0 Å². The summed E-state index contributed by atoms with van der Waals surface area (Å²) in [6.07, 6.45) is 0. The van der Waals surface area contributed by atoms with Crippen LogP contribution in [0.1, 0.15) is 33.6 Å². The van der Waals surface area contributed by atoms with E-state index >= 15 is 0 Å². The van der Waals surface area contributed by atoms with Gasteiger partial charge in [-0.1, -0.05) is 60.7 Å². The molecule has 0 aliphatic rings. The fourth-order valence-electron chi connectivity index (χ4n) is 4.37. The van der Waals surface area contributed by atoms with Gasteiger partial charge in [0, 0.05) is 17.0 Å². The normalized spacial score (nSPS) is 13.1. The minimum absolute atomic E-state index is 0.245. The van der Waals surface area contributed by atoms with E-state index in [2.05, 4.69) is 55.2 Å². The summed E-state index contributed by atoms with van der Waals surface area (Å²) in [7, 11) is 1.71. The highest BCUT2D eigenvalue weighted by Gasteiger charge is 2.42. The summed E-state index contributed by atoms with van der Waals surface area (Å²) < 4.78 is 5.82. The lowest BCUT2D eigenvalue weighted by Crippen LogP contribution is -2.32. The second kappa shape index (κ2) is 7.51. The minimum Gasteiger partial charge on any atom is -0.508 e. The maximum absolute atomic E-state index is 9.96. The zero-order chi connectivity index (χ0) is 20.4. The van der Waals surface area contributed by atoms with Gasteiger partial charge in [-0.2, -0.15) is 0 Å². The Morgan fingerprint density at radius 2 is 1.41 bits per heavy atom. The molecule has 0 radical (unpaired) electrons. The molecule has 0 bridgehead atoms. The summed E-state index contributed by atoms with van der Waals surface area (Å²) in [4.78, 5) is 3.63. The number of benzene rings is 3. The fraction of sp³-hybridized carbons (Fsp3) is 0.154. The maximum atomic E-state index is 9.96. The Balaban J connectivity index is 2.20. The van der Waals surface area contributed by atoms with Crippen LogP contribution in [0.5, 0.6) is 11.5 Å². The number of ether oxygens (including phenoxy) is 1. The van der Waals surface area contributed by atoms with Gasteiger partial charge >= 0.3 is 0 Å². The summed E-state index contributed by atoms with van der Waals surface area (Å²) in [6, 6.07) is 28.2. The van der Waals surface area contributed by atoms with Crippen molar-refractivity contribution >= 4 is 0 Å². The summed E-state index contributed by atoms with van der Waals surface area (Å²) >= 11 is 0. The minimum atomic E-state index is -0.625. The molecule has 1 atom stereocenters. The van der Waals surface area contributed by atoms with Crippen molar-refractivity contribution in [1.29, 1.82) is 0 Å². The van der Waals surface area contributed by atoms with Crippen molar-refractivity contribution in [2.45, 2.75) is 19.3 Å². The van der Waals surface area contributed by atoms with Crippen molar-refractivity contribution in [3.8, 4) is 11.5 Å². The number of aromatic nitrogens is 1. The first kappa shape index (κ1) is 18.9. The van der Waals surface area contributed by atoms with Gasteiger partial charge in [0.25, 0.3) is 0 Å². The lowest BCUT2D eigenvalue weighted by atomic mass is 9.66. The van der Waals surface area contributed by atoms with Crippen LogP contribution in [0.3, 0.4) is 0 Å². The van der Waals surface area contributed by atoms with E-state index in [0.29, 0.717) is 0 Å². The van der Waals surface area contributed by atoms with E-state index in [9.17, 15) is 5.11 Å². The Kier molecular flexibility index (Phi) is 4.89. The van der Waals surface area contributed by atoms with Crippen LogP contribution in [0.15, 0.2) is 84.9 Å². The monoisotopic (exact) mass is 383 g/mol. The Hall–Kier alpha value is -3.46. The van der Waals surface area contributed by atoms with Gasteiger partial charge in [0.15, 0.2) is 0 Å². The summed E-state index contributed by atoms with van der Waals surface area (Å²) in [5, 5.41) is 9.96. The van der Waals surface area contributed by atoms with Crippen LogP contribution in [0, 0.1) is 13.8 Å². The first-order valence-corrected chi connectivity index (χ1v) is 9.72. The molecule has 2 N–H and O–H groups in total. The largest absolute Gasteiger partial charge is 0.508 e. The molecule has 146 valence electrons. The Bertz CT molecular complexity index is 1110. The highest BCUT2D eigenvalue weighted by atomic mass is 16.5. The third kappa shape index (κ3) is 3.09. The van der Waals surface area contributed by atoms with E-state index in [1.807, 2.05) is 36.4 Å². The van der Waals surface area contributed by atoms with Crippen molar-refractivity contribution in [1.82, 2.24) is 4.98 Å². The van der Waals surface area contributed by atoms with Gasteiger partial charge in [0.05, 0.1) is 12.5 Å².